The second kappa shape index (κ2) is 4.63. The van der Waals surface area contributed by atoms with Gasteiger partial charge in [-0.3, -0.25) is 0 Å². The van der Waals surface area contributed by atoms with E-state index in [1.54, 1.807) is 0 Å². The van der Waals surface area contributed by atoms with E-state index in [1.807, 2.05) is 18.2 Å². The fraction of sp³-hybridized carbons (Fsp3) is 0.286. The van der Waals surface area contributed by atoms with Crippen LogP contribution in [-0.4, -0.2) is 9.97 Å². The largest absolute Gasteiger partial charge is 0.233 e. The Bertz CT molecular complexity index is 609. The molecular weight excluding hydrogens is 312 g/mol. The Morgan fingerprint density at radius 1 is 1.22 bits per heavy atom. The summed E-state index contributed by atoms with van der Waals surface area (Å²) in [7, 11) is 0. The van der Waals surface area contributed by atoms with Crippen LogP contribution in [0.4, 0.5) is 0 Å². The smallest absolute Gasteiger partial charge is 0.161 e. The van der Waals surface area contributed by atoms with E-state index < -0.39 is 0 Å². The minimum atomic E-state index is 0.526. The summed E-state index contributed by atoms with van der Waals surface area (Å²) in [6.07, 6.45) is 2.43. The van der Waals surface area contributed by atoms with Gasteiger partial charge in [-0.2, -0.15) is 0 Å². The lowest BCUT2D eigenvalue weighted by Crippen LogP contribution is -1.95. The number of aromatic nitrogens is 2. The highest BCUT2D eigenvalue weighted by Crippen LogP contribution is 2.40. The monoisotopic (exact) mass is 322 g/mol. The summed E-state index contributed by atoms with van der Waals surface area (Å²) in [5.41, 5.74) is 3.27. The third-order valence-corrected chi connectivity index (χ3v) is 4.19. The minimum Gasteiger partial charge on any atom is -0.233 e. The highest BCUT2D eigenvalue weighted by atomic mass is 79.9. The number of rotatable bonds is 2. The van der Waals surface area contributed by atoms with Gasteiger partial charge in [-0.05, 0) is 37.5 Å². The first-order chi connectivity index (χ1) is 8.63. The van der Waals surface area contributed by atoms with Gasteiger partial charge in [0.2, 0.25) is 0 Å². The van der Waals surface area contributed by atoms with Crippen molar-refractivity contribution in [2.24, 2.45) is 0 Å². The van der Waals surface area contributed by atoms with Gasteiger partial charge < -0.3 is 0 Å². The maximum atomic E-state index is 6.08. The van der Waals surface area contributed by atoms with E-state index in [4.69, 9.17) is 11.6 Å². The molecule has 0 bridgehead atoms. The molecule has 1 aliphatic rings. The highest BCUT2D eigenvalue weighted by molar-refractivity contribution is 9.10. The van der Waals surface area contributed by atoms with Gasteiger partial charge in [0, 0.05) is 21.6 Å². The van der Waals surface area contributed by atoms with Crippen LogP contribution in [0.5, 0.6) is 0 Å². The van der Waals surface area contributed by atoms with Gasteiger partial charge in [-0.15, -0.1) is 0 Å². The lowest BCUT2D eigenvalue weighted by molar-refractivity contribution is 0.994. The van der Waals surface area contributed by atoms with Gasteiger partial charge in [-0.1, -0.05) is 39.7 Å². The average Bonchev–Trinajstić information content (AvgIpc) is 3.16. The summed E-state index contributed by atoms with van der Waals surface area (Å²) in [5, 5.41) is 0.526. The predicted molar refractivity (Wildman–Crippen MR) is 76.9 cm³/mol. The molecule has 0 atom stereocenters. The van der Waals surface area contributed by atoms with Gasteiger partial charge in [0.15, 0.2) is 5.82 Å². The Hall–Kier alpha value is -0.930. The number of nitrogens with zero attached hydrogens (tertiary/aromatic N) is 2. The molecule has 4 heteroatoms. The van der Waals surface area contributed by atoms with E-state index in [1.165, 1.54) is 18.4 Å². The Morgan fingerprint density at radius 3 is 2.67 bits per heavy atom. The van der Waals surface area contributed by atoms with Crippen molar-refractivity contribution in [2.75, 3.05) is 0 Å². The predicted octanol–water partition coefficient (Wildman–Crippen LogP) is 4.75. The molecule has 0 aliphatic heterocycles. The molecule has 3 rings (SSSR count). The van der Waals surface area contributed by atoms with Crippen molar-refractivity contribution in [3.8, 4) is 11.4 Å². The van der Waals surface area contributed by atoms with Gasteiger partial charge in [0.05, 0.1) is 0 Å². The second-order valence-electron chi connectivity index (χ2n) is 4.68. The maximum Gasteiger partial charge on any atom is 0.161 e. The first-order valence-corrected chi connectivity index (χ1v) is 7.11. The fourth-order valence-electron chi connectivity index (χ4n) is 1.88. The average molecular weight is 324 g/mol. The number of aryl methyl sites for hydroxylation is 1. The molecule has 0 radical (unpaired) electrons. The van der Waals surface area contributed by atoms with Gasteiger partial charge in [-0.25, -0.2) is 9.97 Å². The molecular formula is C14H12BrClN2. The van der Waals surface area contributed by atoms with Crippen LogP contribution in [-0.2, 0) is 0 Å². The Labute approximate surface area is 120 Å². The van der Waals surface area contributed by atoms with E-state index >= 15 is 0 Å². The number of benzene rings is 1. The zero-order chi connectivity index (χ0) is 12.7. The molecule has 1 aliphatic carbocycles. The van der Waals surface area contributed by atoms with Crippen LogP contribution in [0.15, 0.2) is 28.7 Å². The molecule has 18 heavy (non-hydrogen) atoms. The Balaban J connectivity index is 2.07. The molecule has 0 unspecified atom stereocenters. The van der Waals surface area contributed by atoms with Crippen LogP contribution in [0, 0.1) is 6.92 Å². The third kappa shape index (κ3) is 2.43. The van der Waals surface area contributed by atoms with Crippen molar-refractivity contribution in [1.29, 1.82) is 0 Å². The lowest BCUT2D eigenvalue weighted by Gasteiger charge is -2.06. The number of halogens is 2. The standard InChI is InChI=1S/C14H12BrClN2/c1-8-2-3-10(6-11(8)15)14-17-12(9-4-5-9)7-13(16)18-14/h2-3,6-7,9H,4-5H2,1H3. The van der Waals surface area contributed by atoms with Crippen LogP contribution < -0.4 is 0 Å². The number of hydrogen-bond acceptors (Lipinski definition) is 2. The first-order valence-electron chi connectivity index (χ1n) is 5.94. The summed E-state index contributed by atoms with van der Waals surface area (Å²) < 4.78 is 1.07. The SMILES string of the molecule is Cc1ccc(-c2nc(Cl)cc(C3CC3)n2)cc1Br. The van der Waals surface area contributed by atoms with E-state index in [0.717, 1.165) is 15.7 Å². The molecule has 0 N–H and O–H groups in total. The molecule has 1 fully saturated rings. The van der Waals surface area contributed by atoms with Crippen molar-refractivity contribution in [1.82, 2.24) is 9.97 Å². The normalized spacial score (nSPS) is 14.8. The zero-order valence-electron chi connectivity index (χ0n) is 9.95. The van der Waals surface area contributed by atoms with Crippen LogP contribution in [0.3, 0.4) is 0 Å². The number of hydrogen-bond donors (Lipinski definition) is 0. The fourth-order valence-corrected chi connectivity index (χ4v) is 2.45. The Kier molecular flexibility index (Phi) is 3.12. The highest BCUT2D eigenvalue weighted by Gasteiger charge is 2.26. The summed E-state index contributed by atoms with van der Waals surface area (Å²) in [5.74, 6) is 1.29. The molecule has 1 aromatic heterocycles. The molecule has 0 saturated heterocycles. The van der Waals surface area contributed by atoms with E-state index in [0.29, 0.717) is 16.9 Å². The van der Waals surface area contributed by atoms with Crippen molar-refractivity contribution >= 4 is 27.5 Å². The van der Waals surface area contributed by atoms with Crippen molar-refractivity contribution < 1.29 is 0 Å². The van der Waals surface area contributed by atoms with E-state index in [2.05, 4.69) is 38.9 Å². The van der Waals surface area contributed by atoms with Crippen LogP contribution in [0.2, 0.25) is 5.15 Å². The third-order valence-electron chi connectivity index (χ3n) is 3.14. The molecule has 92 valence electrons. The Morgan fingerprint density at radius 2 is 2.00 bits per heavy atom. The van der Waals surface area contributed by atoms with Gasteiger partial charge in [0.25, 0.3) is 0 Å². The topological polar surface area (TPSA) is 25.8 Å². The van der Waals surface area contributed by atoms with Crippen molar-refractivity contribution in [2.45, 2.75) is 25.7 Å². The van der Waals surface area contributed by atoms with E-state index in [-0.39, 0.29) is 0 Å². The summed E-state index contributed by atoms with van der Waals surface area (Å²) in [6.45, 7) is 2.06. The molecule has 0 spiro atoms. The van der Waals surface area contributed by atoms with Gasteiger partial charge >= 0.3 is 0 Å². The minimum absolute atomic E-state index is 0.526. The quantitative estimate of drug-likeness (QED) is 0.746. The van der Waals surface area contributed by atoms with Crippen LogP contribution in [0.25, 0.3) is 11.4 Å². The second-order valence-corrected chi connectivity index (χ2v) is 5.92. The summed E-state index contributed by atoms with van der Waals surface area (Å²) in [6, 6.07) is 8.01. The lowest BCUT2D eigenvalue weighted by atomic mass is 10.1. The molecule has 1 saturated carbocycles. The first kappa shape index (κ1) is 12.1. The van der Waals surface area contributed by atoms with Gasteiger partial charge in [0.1, 0.15) is 5.15 Å². The van der Waals surface area contributed by atoms with Crippen molar-refractivity contribution in [3.63, 3.8) is 0 Å². The van der Waals surface area contributed by atoms with Crippen LogP contribution >= 0.6 is 27.5 Å². The van der Waals surface area contributed by atoms with Crippen LogP contribution in [0.1, 0.15) is 30.0 Å². The summed E-state index contributed by atoms with van der Waals surface area (Å²) in [4.78, 5) is 8.94. The molecule has 1 aromatic carbocycles. The summed E-state index contributed by atoms with van der Waals surface area (Å²) >= 11 is 9.61. The maximum absolute atomic E-state index is 6.08. The molecule has 2 aromatic rings. The van der Waals surface area contributed by atoms with Crippen molar-refractivity contribution in [3.05, 3.63) is 45.1 Å². The van der Waals surface area contributed by atoms with E-state index in [9.17, 15) is 0 Å². The molecule has 1 heterocycles. The zero-order valence-corrected chi connectivity index (χ0v) is 12.3. The molecule has 2 nitrogen and oxygen atoms in total. The molecule has 0 amide bonds.